The molecule has 3 aliphatic rings. The SMILES string of the molecule is CCCN=C(N)N=Nc1cc2c(O)c3c(O)c(C)c4c(c13)C(=O)C(C)(O/C=C/C(OC)C(C)C(OC(C)=O)C(C)C(O)C(C)C(O)C(C)/C=C/C=C(\C)C(=O)N2)O4. The fraction of sp³-hybridized carbons (Fsp3) is 0.512. The zero-order chi connectivity index (χ0) is 42.5. The summed E-state index contributed by atoms with van der Waals surface area (Å²) in [7, 11) is 1.44. The molecule has 0 radical (unpaired) electrons. The van der Waals surface area contributed by atoms with E-state index in [1.54, 1.807) is 39.8 Å². The Kier molecular flexibility index (Phi) is 14.3. The number of aliphatic imine (C=N–C) groups is 1. The first-order valence-electron chi connectivity index (χ1n) is 18.9. The summed E-state index contributed by atoms with van der Waals surface area (Å²) in [5.74, 6) is -7.60. The number of rotatable bonds is 5. The minimum Gasteiger partial charge on any atom is -0.507 e. The number of Topliss-reactive ketones (excluding diaryl/α,β-unsaturated/α-hetero) is 1. The molecule has 1 amide bonds. The van der Waals surface area contributed by atoms with Gasteiger partial charge in [0.15, 0.2) is 5.75 Å². The molecule has 2 aromatic rings. The van der Waals surface area contributed by atoms with Crippen molar-refractivity contribution in [1.29, 1.82) is 0 Å². The fourth-order valence-corrected chi connectivity index (χ4v) is 7.09. The van der Waals surface area contributed by atoms with E-state index >= 15 is 0 Å². The predicted molar refractivity (Wildman–Crippen MR) is 213 cm³/mol. The number of ether oxygens (including phenoxy) is 4. The number of benzene rings is 2. The number of hydrogen-bond acceptors (Lipinski definition) is 13. The Labute approximate surface area is 332 Å². The lowest BCUT2D eigenvalue weighted by Gasteiger charge is -2.38. The zero-order valence-corrected chi connectivity index (χ0v) is 34.1. The van der Waals surface area contributed by atoms with Gasteiger partial charge < -0.3 is 50.4 Å². The minimum absolute atomic E-state index is 0.0443. The highest BCUT2D eigenvalue weighted by atomic mass is 16.7. The summed E-state index contributed by atoms with van der Waals surface area (Å²) >= 11 is 0. The first-order valence-corrected chi connectivity index (χ1v) is 18.9. The lowest BCUT2D eigenvalue weighted by Crippen LogP contribution is -2.46. The van der Waals surface area contributed by atoms with Gasteiger partial charge >= 0.3 is 11.8 Å². The molecule has 2 aromatic carbocycles. The van der Waals surface area contributed by atoms with Crippen LogP contribution in [0, 0.1) is 30.6 Å². The maximum absolute atomic E-state index is 14.4. The number of carbonyl (C=O) groups excluding carboxylic acids is 3. The Bertz CT molecular complexity index is 2030. The van der Waals surface area contributed by atoms with Crippen LogP contribution in [-0.4, -0.2) is 87.9 Å². The Hall–Kier alpha value is -5.32. The molecular weight excluding hydrogens is 738 g/mol. The van der Waals surface area contributed by atoms with Gasteiger partial charge in [0, 0.05) is 67.7 Å². The third-order valence-electron chi connectivity index (χ3n) is 10.6. The monoisotopic (exact) mass is 793 g/mol. The number of aliphatic hydroxyl groups excluding tert-OH is 2. The maximum atomic E-state index is 14.4. The van der Waals surface area contributed by atoms with Gasteiger partial charge in [-0.05, 0) is 32.4 Å². The topological polar surface area (TPSA) is 244 Å². The molecule has 0 saturated heterocycles. The van der Waals surface area contributed by atoms with E-state index in [-0.39, 0.29) is 50.6 Å². The molecule has 0 spiro atoms. The molecule has 5 rings (SSSR count). The number of ketones is 1. The van der Waals surface area contributed by atoms with Gasteiger partial charge in [0.05, 0.1) is 46.9 Å². The van der Waals surface area contributed by atoms with E-state index in [2.05, 4.69) is 20.5 Å². The van der Waals surface area contributed by atoms with Crippen LogP contribution in [0.1, 0.15) is 77.7 Å². The second-order valence-electron chi connectivity index (χ2n) is 14.9. The molecule has 16 heteroatoms. The summed E-state index contributed by atoms with van der Waals surface area (Å²) in [6.07, 6.45) is 4.33. The van der Waals surface area contributed by atoms with Crippen LogP contribution < -0.4 is 15.8 Å². The van der Waals surface area contributed by atoms with Crippen molar-refractivity contribution in [2.24, 2.45) is 44.6 Å². The molecule has 0 saturated carbocycles. The first kappa shape index (κ1) is 44.4. The molecule has 7 N–H and O–H groups in total. The Balaban J connectivity index is 1.96. The van der Waals surface area contributed by atoms with Crippen molar-refractivity contribution >= 4 is 45.8 Å². The van der Waals surface area contributed by atoms with Gasteiger partial charge in [0.1, 0.15) is 17.6 Å². The van der Waals surface area contributed by atoms with E-state index in [0.29, 0.717) is 13.0 Å². The van der Waals surface area contributed by atoms with Crippen molar-refractivity contribution in [3.8, 4) is 17.2 Å². The standard InChI is InChI=1S/C41H55N5O11/c1-11-16-43-40(42)46-45-26-18-27-35(51)30-29(26)31-37(24(7)34(30)50)57-41(9,38(31)52)55-17-15-28(54-10)21(4)36(56-25(8)47)23(6)33(49)22(5)32(48)19(2)13-12-14-20(3)39(53)44-27/h12-15,17-19,21-23,28,32-33,36,48-51H,11,16H2,1-10H3,(H2,42,43)(H,44,53)/b13-12+,17-15+,20-14+,46-45?. The number of aliphatic hydroxyl groups is 2. The summed E-state index contributed by atoms with van der Waals surface area (Å²) in [6.45, 7) is 14.9. The third-order valence-corrected chi connectivity index (χ3v) is 10.6. The minimum atomic E-state index is -2.01. The van der Waals surface area contributed by atoms with Crippen LogP contribution in [0.3, 0.4) is 0 Å². The van der Waals surface area contributed by atoms with Crippen LogP contribution in [-0.2, 0) is 23.8 Å². The number of phenols is 2. The zero-order valence-electron chi connectivity index (χ0n) is 34.1. The summed E-state index contributed by atoms with van der Waals surface area (Å²) in [5, 5.41) is 56.6. The lowest BCUT2D eigenvalue weighted by atomic mass is 9.78. The number of nitrogens with two attached hydrogens (primary N) is 1. The lowest BCUT2D eigenvalue weighted by molar-refractivity contribution is -0.160. The van der Waals surface area contributed by atoms with Gasteiger partial charge in [0.2, 0.25) is 5.96 Å². The molecule has 9 unspecified atom stereocenters. The molecule has 16 nitrogen and oxygen atoms in total. The highest BCUT2D eigenvalue weighted by Gasteiger charge is 2.49. The van der Waals surface area contributed by atoms with E-state index in [1.807, 2.05) is 6.92 Å². The number of methoxy groups -OCH3 is 1. The number of allylic oxidation sites excluding steroid dienone is 2. The molecule has 5 bridgehead atoms. The van der Waals surface area contributed by atoms with Gasteiger partial charge in [-0.2, -0.15) is 0 Å². The largest absolute Gasteiger partial charge is 0.507 e. The number of nitrogens with zero attached hydrogens (tertiary/aromatic N) is 3. The van der Waals surface area contributed by atoms with Crippen molar-refractivity contribution in [1.82, 2.24) is 0 Å². The molecule has 3 heterocycles. The van der Waals surface area contributed by atoms with Crippen molar-refractivity contribution in [2.75, 3.05) is 19.0 Å². The average molecular weight is 794 g/mol. The number of phenolic OH excluding ortho intramolecular Hbond substituents is 2. The number of aromatic hydroxyl groups is 2. The van der Waals surface area contributed by atoms with Crippen LogP contribution in [0.4, 0.5) is 11.4 Å². The molecule has 0 fully saturated rings. The molecule has 9 atom stereocenters. The van der Waals surface area contributed by atoms with E-state index in [1.165, 1.54) is 59.3 Å². The Morgan fingerprint density at radius 3 is 2.33 bits per heavy atom. The Morgan fingerprint density at radius 2 is 1.70 bits per heavy atom. The second kappa shape index (κ2) is 18.3. The van der Waals surface area contributed by atoms with Crippen molar-refractivity contribution < 1.29 is 53.8 Å². The first-order chi connectivity index (χ1) is 26.8. The highest BCUT2D eigenvalue weighted by molar-refractivity contribution is 6.22. The van der Waals surface area contributed by atoms with Crippen LogP contribution >= 0.6 is 0 Å². The number of azo groups is 1. The number of hydrogen-bond donors (Lipinski definition) is 6. The van der Waals surface area contributed by atoms with E-state index < -0.39 is 83.0 Å². The average Bonchev–Trinajstić information content (AvgIpc) is 3.44. The second-order valence-corrected chi connectivity index (χ2v) is 14.9. The number of nitrogens with one attached hydrogen (secondary N) is 1. The maximum Gasteiger partial charge on any atom is 0.312 e. The third kappa shape index (κ3) is 9.29. The molecule has 3 aliphatic heterocycles. The van der Waals surface area contributed by atoms with Gasteiger partial charge in [-0.15, -0.1) is 10.2 Å². The van der Waals surface area contributed by atoms with Crippen molar-refractivity contribution in [2.45, 2.75) is 98.9 Å². The van der Waals surface area contributed by atoms with Crippen LogP contribution in [0.2, 0.25) is 0 Å². The Morgan fingerprint density at radius 1 is 1.02 bits per heavy atom. The summed E-state index contributed by atoms with van der Waals surface area (Å²) in [5.41, 5.74) is 5.96. The molecular formula is C41H55N5O11. The molecule has 310 valence electrons. The smallest absolute Gasteiger partial charge is 0.312 e. The number of guanidine groups is 1. The van der Waals surface area contributed by atoms with E-state index in [0.717, 1.165) is 0 Å². The van der Waals surface area contributed by atoms with Crippen LogP contribution in [0.5, 0.6) is 17.2 Å². The van der Waals surface area contributed by atoms with Crippen LogP contribution in [0.15, 0.2) is 57.4 Å². The number of esters is 1. The molecule has 57 heavy (non-hydrogen) atoms. The van der Waals surface area contributed by atoms with Crippen molar-refractivity contribution in [3.63, 3.8) is 0 Å². The highest BCUT2D eigenvalue weighted by Crippen LogP contribution is 2.54. The number of amides is 1. The normalized spacial score (nSPS) is 31.1. The summed E-state index contributed by atoms with van der Waals surface area (Å²) in [6, 6.07) is 1.28. The summed E-state index contributed by atoms with van der Waals surface area (Å²) in [4.78, 5) is 44.3. The number of anilines is 1. The number of carbonyl (C=O) groups is 3. The van der Waals surface area contributed by atoms with Gasteiger partial charge in [0.25, 0.3) is 11.7 Å². The van der Waals surface area contributed by atoms with E-state index in [4.69, 9.17) is 24.7 Å². The van der Waals surface area contributed by atoms with Gasteiger partial charge in [-0.25, -0.2) is 0 Å². The van der Waals surface area contributed by atoms with Gasteiger partial charge in [-0.1, -0.05) is 52.8 Å². The quantitative estimate of drug-likeness (QED) is 0.0686. The number of fused-ring (bicyclic) bond motifs is 14. The van der Waals surface area contributed by atoms with Gasteiger partial charge in [-0.3, -0.25) is 19.4 Å². The fourth-order valence-electron chi connectivity index (χ4n) is 7.09. The molecule has 0 aliphatic carbocycles. The van der Waals surface area contributed by atoms with Crippen molar-refractivity contribution in [3.05, 3.63) is 53.3 Å². The van der Waals surface area contributed by atoms with E-state index in [9.17, 15) is 34.8 Å². The van der Waals surface area contributed by atoms with Crippen LogP contribution in [0.25, 0.3) is 10.8 Å². The predicted octanol–water partition coefficient (Wildman–Crippen LogP) is 5.86. The molecule has 0 aromatic heterocycles. The summed E-state index contributed by atoms with van der Waals surface area (Å²) < 4.78 is 23.6.